The van der Waals surface area contributed by atoms with Crippen molar-refractivity contribution < 1.29 is 9.53 Å². The Hall–Kier alpha value is -3.93. The SMILES string of the molecule is CCC(C)C(NC(=O)/C=C/c1ccc(OCc2ccccn2)cc1)c1nc2ccccc2[nH]1. The van der Waals surface area contributed by atoms with Crippen LogP contribution in [0.4, 0.5) is 0 Å². The highest BCUT2D eigenvalue weighted by Crippen LogP contribution is 2.24. The number of amides is 1. The summed E-state index contributed by atoms with van der Waals surface area (Å²) < 4.78 is 5.76. The van der Waals surface area contributed by atoms with Gasteiger partial charge in [-0.05, 0) is 54.0 Å². The average molecular weight is 441 g/mol. The molecule has 2 N–H and O–H groups in total. The smallest absolute Gasteiger partial charge is 0.244 e. The van der Waals surface area contributed by atoms with E-state index in [1.165, 1.54) is 0 Å². The first-order valence-electron chi connectivity index (χ1n) is 11.2. The number of carbonyl (C=O) groups excluding carboxylic acids is 1. The zero-order valence-corrected chi connectivity index (χ0v) is 18.9. The van der Waals surface area contributed by atoms with Crippen molar-refractivity contribution in [2.45, 2.75) is 32.9 Å². The number of rotatable bonds is 9. The minimum Gasteiger partial charge on any atom is -0.487 e. The Morgan fingerprint density at radius 3 is 2.61 bits per heavy atom. The molecule has 0 aliphatic rings. The third-order valence-corrected chi connectivity index (χ3v) is 5.63. The van der Waals surface area contributed by atoms with E-state index in [0.717, 1.165) is 40.3 Å². The predicted molar refractivity (Wildman–Crippen MR) is 130 cm³/mol. The molecule has 33 heavy (non-hydrogen) atoms. The molecule has 0 saturated heterocycles. The fourth-order valence-electron chi connectivity index (χ4n) is 3.52. The number of pyridine rings is 1. The van der Waals surface area contributed by atoms with Crippen molar-refractivity contribution in [3.63, 3.8) is 0 Å². The lowest BCUT2D eigenvalue weighted by Crippen LogP contribution is -2.32. The Kier molecular flexibility index (Phi) is 7.15. The van der Waals surface area contributed by atoms with Crippen molar-refractivity contribution in [3.8, 4) is 5.75 Å². The highest BCUT2D eigenvalue weighted by atomic mass is 16.5. The van der Waals surface area contributed by atoms with Gasteiger partial charge in [-0.1, -0.05) is 50.6 Å². The number of fused-ring (bicyclic) bond motifs is 1. The highest BCUT2D eigenvalue weighted by molar-refractivity contribution is 5.92. The van der Waals surface area contributed by atoms with E-state index in [0.29, 0.717) is 6.61 Å². The Morgan fingerprint density at radius 1 is 1.09 bits per heavy atom. The average Bonchev–Trinajstić information content (AvgIpc) is 3.29. The van der Waals surface area contributed by atoms with Crippen LogP contribution >= 0.6 is 0 Å². The molecule has 0 radical (unpaired) electrons. The summed E-state index contributed by atoms with van der Waals surface area (Å²) in [6.45, 7) is 4.64. The van der Waals surface area contributed by atoms with Gasteiger partial charge in [0.15, 0.2) is 0 Å². The topological polar surface area (TPSA) is 79.9 Å². The molecule has 0 bridgehead atoms. The second-order valence-corrected chi connectivity index (χ2v) is 8.02. The van der Waals surface area contributed by atoms with Crippen molar-refractivity contribution >= 4 is 23.0 Å². The first-order chi connectivity index (χ1) is 16.1. The van der Waals surface area contributed by atoms with Crippen LogP contribution in [0.1, 0.15) is 43.4 Å². The molecule has 4 aromatic rings. The fraction of sp³-hybridized carbons (Fsp3) is 0.222. The summed E-state index contributed by atoms with van der Waals surface area (Å²) in [6, 6.07) is 21.0. The van der Waals surface area contributed by atoms with Crippen LogP contribution in [0.2, 0.25) is 0 Å². The predicted octanol–water partition coefficient (Wildman–Crippen LogP) is 5.45. The summed E-state index contributed by atoms with van der Waals surface area (Å²) in [5.41, 5.74) is 3.66. The Labute approximate surface area is 193 Å². The molecule has 2 aromatic heterocycles. The van der Waals surface area contributed by atoms with Crippen LogP contribution in [-0.2, 0) is 11.4 Å². The number of aromatic amines is 1. The van der Waals surface area contributed by atoms with Gasteiger partial charge < -0.3 is 15.0 Å². The summed E-state index contributed by atoms with van der Waals surface area (Å²) in [7, 11) is 0. The summed E-state index contributed by atoms with van der Waals surface area (Å²) in [5.74, 6) is 1.61. The van der Waals surface area contributed by atoms with E-state index in [2.05, 4.69) is 34.1 Å². The number of ether oxygens (including phenoxy) is 1. The molecular formula is C27H28N4O2. The number of H-pyrrole nitrogens is 1. The van der Waals surface area contributed by atoms with Gasteiger partial charge in [0.1, 0.15) is 18.2 Å². The first kappa shape index (κ1) is 22.3. The van der Waals surface area contributed by atoms with Gasteiger partial charge in [0.2, 0.25) is 5.91 Å². The number of para-hydroxylation sites is 2. The van der Waals surface area contributed by atoms with Gasteiger partial charge in [0, 0.05) is 12.3 Å². The summed E-state index contributed by atoms with van der Waals surface area (Å²) in [6.07, 6.45) is 6.02. The van der Waals surface area contributed by atoms with Gasteiger partial charge in [0.05, 0.1) is 22.8 Å². The Balaban J connectivity index is 1.38. The molecule has 0 aliphatic heterocycles. The molecule has 0 spiro atoms. The number of benzene rings is 2. The molecule has 0 fully saturated rings. The number of imidazole rings is 1. The minimum absolute atomic E-state index is 0.156. The van der Waals surface area contributed by atoms with Crippen molar-refractivity contribution in [3.05, 3.63) is 96.1 Å². The van der Waals surface area contributed by atoms with Crippen LogP contribution in [0.15, 0.2) is 79.0 Å². The highest BCUT2D eigenvalue weighted by Gasteiger charge is 2.22. The van der Waals surface area contributed by atoms with E-state index in [9.17, 15) is 4.79 Å². The van der Waals surface area contributed by atoms with E-state index in [-0.39, 0.29) is 17.9 Å². The maximum Gasteiger partial charge on any atom is 0.244 e. The van der Waals surface area contributed by atoms with Gasteiger partial charge >= 0.3 is 0 Å². The van der Waals surface area contributed by atoms with E-state index in [4.69, 9.17) is 4.74 Å². The third-order valence-electron chi connectivity index (χ3n) is 5.63. The van der Waals surface area contributed by atoms with E-state index in [1.54, 1.807) is 18.3 Å². The van der Waals surface area contributed by atoms with Crippen molar-refractivity contribution in [2.75, 3.05) is 0 Å². The van der Waals surface area contributed by atoms with E-state index in [1.807, 2.05) is 66.7 Å². The van der Waals surface area contributed by atoms with Gasteiger partial charge in [-0.15, -0.1) is 0 Å². The third kappa shape index (κ3) is 5.86. The van der Waals surface area contributed by atoms with Crippen molar-refractivity contribution in [2.24, 2.45) is 5.92 Å². The summed E-state index contributed by atoms with van der Waals surface area (Å²) in [5, 5.41) is 3.11. The van der Waals surface area contributed by atoms with Crippen LogP contribution in [0.3, 0.4) is 0 Å². The molecule has 2 aromatic carbocycles. The molecule has 6 heteroatoms. The number of nitrogens with zero attached hydrogens (tertiary/aromatic N) is 2. The molecule has 0 aliphatic carbocycles. The monoisotopic (exact) mass is 440 g/mol. The maximum atomic E-state index is 12.7. The summed E-state index contributed by atoms with van der Waals surface area (Å²) >= 11 is 0. The number of nitrogens with one attached hydrogen (secondary N) is 2. The van der Waals surface area contributed by atoms with Gasteiger partial charge in [-0.25, -0.2) is 4.98 Å². The minimum atomic E-state index is -0.193. The summed E-state index contributed by atoms with van der Waals surface area (Å²) in [4.78, 5) is 25.0. The lowest BCUT2D eigenvalue weighted by atomic mass is 9.98. The lowest BCUT2D eigenvalue weighted by molar-refractivity contribution is -0.117. The molecule has 2 heterocycles. The van der Waals surface area contributed by atoms with Crippen molar-refractivity contribution in [1.82, 2.24) is 20.3 Å². The quantitative estimate of drug-likeness (QED) is 0.339. The Morgan fingerprint density at radius 2 is 1.88 bits per heavy atom. The van der Waals surface area contributed by atoms with Crippen LogP contribution < -0.4 is 10.1 Å². The molecule has 0 saturated carbocycles. The standard InChI is InChI=1S/C27H28N4O2/c1-3-19(2)26(27-29-23-9-4-5-10-24(23)30-27)31-25(32)16-13-20-11-14-22(15-12-20)33-18-21-8-6-7-17-28-21/h4-17,19,26H,3,18H2,1-2H3,(H,29,30)(H,31,32)/b16-13+. The normalized spacial score (nSPS) is 13.2. The largest absolute Gasteiger partial charge is 0.487 e. The number of carbonyl (C=O) groups is 1. The zero-order valence-electron chi connectivity index (χ0n) is 18.9. The lowest BCUT2D eigenvalue weighted by Gasteiger charge is -2.21. The molecule has 2 unspecified atom stereocenters. The second-order valence-electron chi connectivity index (χ2n) is 8.02. The number of aromatic nitrogens is 3. The van der Waals surface area contributed by atoms with E-state index >= 15 is 0 Å². The van der Waals surface area contributed by atoms with Gasteiger partial charge in [0.25, 0.3) is 0 Å². The molecule has 168 valence electrons. The molecule has 2 atom stereocenters. The van der Waals surface area contributed by atoms with Crippen LogP contribution in [0.5, 0.6) is 5.75 Å². The van der Waals surface area contributed by atoms with Crippen LogP contribution in [-0.4, -0.2) is 20.9 Å². The van der Waals surface area contributed by atoms with Crippen molar-refractivity contribution in [1.29, 1.82) is 0 Å². The second kappa shape index (κ2) is 10.6. The van der Waals surface area contributed by atoms with Crippen LogP contribution in [0, 0.1) is 5.92 Å². The number of hydrogen-bond donors (Lipinski definition) is 2. The van der Waals surface area contributed by atoms with Gasteiger partial charge in [-0.2, -0.15) is 0 Å². The number of hydrogen-bond acceptors (Lipinski definition) is 4. The molecule has 1 amide bonds. The van der Waals surface area contributed by atoms with Crippen LogP contribution in [0.25, 0.3) is 17.1 Å². The molecule has 6 nitrogen and oxygen atoms in total. The first-order valence-corrected chi connectivity index (χ1v) is 11.2. The molecule has 4 rings (SSSR count). The fourth-order valence-corrected chi connectivity index (χ4v) is 3.52. The van der Waals surface area contributed by atoms with Gasteiger partial charge in [-0.3, -0.25) is 9.78 Å². The molecular weight excluding hydrogens is 412 g/mol. The van der Waals surface area contributed by atoms with E-state index < -0.39 is 0 Å². The Bertz CT molecular complexity index is 1180. The maximum absolute atomic E-state index is 12.7. The zero-order chi connectivity index (χ0) is 23.0.